The number of nitrogens with two attached hydrogens (primary N) is 1. The molecule has 10 heteroatoms. The average molecular weight is 525 g/mol. The number of primary amides is 1. The third-order valence-electron chi connectivity index (χ3n) is 5.66. The number of quaternary nitrogens is 1. The van der Waals surface area contributed by atoms with Gasteiger partial charge in [-0.3, -0.25) is 4.57 Å². The minimum Gasteiger partial charge on any atom is -0.756 e. The summed E-state index contributed by atoms with van der Waals surface area (Å²) in [5.74, 6) is 0. The zero-order chi connectivity index (χ0) is 26.4. The molecule has 0 rings (SSSR count). The average Bonchev–Trinajstić information content (AvgIpc) is 2.75. The van der Waals surface area contributed by atoms with Crippen molar-refractivity contribution >= 4 is 13.9 Å². The van der Waals surface area contributed by atoms with E-state index in [-0.39, 0.29) is 13.2 Å². The lowest BCUT2D eigenvalue weighted by atomic mass is 10.0. The molecule has 0 heterocycles. The van der Waals surface area contributed by atoms with Crippen LogP contribution in [-0.4, -0.2) is 70.8 Å². The summed E-state index contributed by atoms with van der Waals surface area (Å²) < 4.78 is 32.6. The van der Waals surface area contributed by atoms with Gasteiger partial charge in [-0.05, 0) is 6.42 Å². The van der Waals surface area contributed by atoms with Gasteiger partial charge in [0, 0.05) is 6.61 Å². The number of hydrogen-bond donors (Lipinski definition) is 1. The van der Waals surface area contributed by atoms with Crippen molar-refractivity contribution in [2.75, 3.05) is 54.1 Å². The highest BCUT2D eigenvalue weighted by Crippen LogP contribution is 2.38. The fourth-order valence-corrected chi connectivity index (χ4v) is 4.26. The van der Waals surface area contributed by atoms with Gasteiger partial charge in [-0.1, -0.05) is 90.4 Å². The number of nitrogens with zero attached hydrogens (tertiary/aromatic N) is 1. The second kappa shape index (κ2) is 21.4. The molecule has 0 spiro atoms. The van der Waals surface area contributed by atoms with E-state index < -0.39 is 26.6 Å². The molecule has 0 aromatic carbocycles. The Kier molecular flexibility index (Phi) is 21.0. The van der Waals surface area contributed by atoms with E-state index >= 15 is 0 Å². The Hall–Kier alpha value is -0.700. The van der Waals surface area contributed by atoms with Crippen LogP contribution >= 0.6 is 7.82 Å². The summed E-state index contributed by atoms with van der Waals surface area (Å²) in [6.07, 6.45) is 16.0. The number of amides is 1. The first-order valence-corrected chi connectivity index (χ1v) is 15.0. The molecule has 1 amide bonds. The molecule has 9 nitrogen and oxygen atoms in total. The largest absolute Gasteiger partial charge is 0.756 e. The molecular weight excluding hydrogens is 471 g/mol. The van der Waals surface area contributed by atoms with Crippen molar-refractivity contribution in [2.24, 2.45) is 5.73 Å². The number of rotatable bonds is 25. The highest BCUT2D eigenvalue weighted by Gasteiger charge is 2.19. The van der Waals surface area contributed by atoms with Gasteiger partial charge < -0.3 is 33.6 Å². The van der Waals surface area contributed by atoms with E-state index in [0.717, 1.165) is 12.8 Å². The van der Waals surface area contributed by atoms with Gasteiger partial charge in [-0.15, -0.1) is 0 Å². The van der Waals surface area contributed by atoms with Crippen LogP contribution in [0.3, 0.4) is 0 Å². The number of unbranched alkanes of at least 4 members (excludes halogenated alkanes) is 13. The van der Waals surface area contributed by atoms with Crippen LogP contribution in [0.4, 0.5) is 4.79 Å². The summed E-state index contributed by atoms with van der Waals surface area (Å²) in [6, 6.07) is 0. The first-order valence-electron chi connectivity index (χ1n) is 13.5. The highest BCUT2D eigenvalue weighted by atomic mass is 31.2. The fourth-order valence-electron chi connectivity index (χ4n) is 3.53. The SMILES string of the molecule is CCCCCCCCCCCCCCCCOCC(COP(=O)([O-])OCC[N+](C)(C)C)OC(N)=O. The molecule has 2 unspecified atom stereocenters. The quantitative estimate of drug-likeness (QED) is 0.0995. The molecule has 2 N–H and O–H groups in total. The summed E-state index contributed by atoms with van der Waals surface area (Å²) >= 11 is 0. The van der Waals surface area contributed by atoms with Gasteiger partial charge in [-0.2, -0.15) is 0 Å². The number of hydrogen-bond acceptors (Lipinski definition) is 7. The topological polar surface area (TPSA) is 120 Å². The van der Waals surface area contributed by atoms with Gasteiger partial charge in [0.1, 0.15) is 13.2 Å². The summed E-state index contributed by atoms with van der Waals surface area (Å²) in [5, 5.41) is 0. The molecule has 2 atom stereocenters. The van der Waals surface area contributed by atoms with Crippen molar-refractivity contribution in [3.63, 3.8) is 0 Å². The molecular formula is C25H53N2O7P. The fraction of sp³-hybridized carbons (Fsp3) is 0.960. The summed E-state index contributed by atoms with van der Waals surface area (Å²) in [5.41, 5.74) is 5.07. The van der Waals surface area contributed by atoms with E-state index in [1.165, 1.54) is 77.0 Å². The maximum atomic E-state index is 11.9. The summed E-state index contributed by atoms with van der Waals surface area (Å²) in [7, 11) is 1.27. The van der Waals surface area contributed by atoms with Crippen molar-refractivity contribution in [3.8, 4) is 0 Å². The molecule has 0 fully saturated rings. The smallest absolute Gasteiger partial charge is 0.404 e. The lowest BCUT2D eigenvalue weighted by molar-refractivity contribution is -0.870. The Bertz CT molecular complexity index is 558. The Balaban J connectivity index is 3.77. The molecule has 0 aliphatic heterocycles. The lowest BCUT2D eigenvalue weighted by Gasteiger charge is -2.28. The monoisotopic (exact) mass is 524 g/mol. The Morgan fingerprint density at radius 1 is 0.800 bits per heavy atom. The molecule has 0 aliphatic carbocycles. The van der Waals surface area contributed by atoms with E-state index in [9.17, 15) is 14.3 Å². The van der Waals surface area contributed by atoms with Gasteiger partial charge >= 0.3 is 6.09 Å². The van der Waals surface area contributed by atoms with E-state index in [2.05, 4.69) is 6.92 Å². The van der Waals surface area contributed by atoms with Crippen LogP contribution in [0.2, 0.25) is 0 Å². The number of carbonyl (C=O) groups excluding carboxylic acids is 1. The van der Waals surface area contributed by atoms with Gasteiger partial charge in [0.15, 0.2) is 6.10 Å². The van der Waals surface area contributed by atoms with E-state index in [4.69, 9.17) is 24.3 Å². The molecule has 35 heavy (non-hydrogen) atoms. The Labute approximate surface area is 214 Å². The van der Waals surface area contributed by atoms with Crippen molar-refractivity contribution in [2.45, 2.75) is 103 Å². The molecule has 0 bridgehead atoms. The number of phosphoric ester groups is 1. The van der Waals surface area contributed by atoms with E-state index in [1.54, 1.807) is 0 Å². The molecule has 0 aromatic heterocycles. The van der Waals surface area contributed by atoms with E-state index in [1.807, 2.05) is 21.1 Å². The molecule has 0 saturated heterocycles. The summed E-state index contributed by atoms with van der Waals surface area (Å²) in [6.45, 7) is 2.88. The Morgan fingerprint density at radius 2 is 1.29 bits per heavy atom. The predicted octanol–water partition coefficient (Wildman–Crippen LogP) is 5.16. The van der Waals surface area contributed by atoms with Crippen LogP contribution in [0.1, 0.15) is 96.8 Å². The van der Waals surface area contributed by atoms with Crippen molar-refractivity contribution in [3.05, 3.63) is 0 Å². The normalized spacial score (nSPS) is 14.5. The lowest BCUT2D eigenvalue weighted by Crippen LogP contribution is -2.37. The van der Waals surface area contributed by atoms with Crippen LogP contribution in [0.25, 0.3) is 0 Å². The second-order valence-corrected chi connectivity index (χ2v) is 11.7. The van der Waals surface area contributed by atoms with Gasteiger partial charge in [-0.25, -0.2) is 4.79 Å². The number of phosphoric acid groups is 1. The minimum absolute atomic E-state index is 0.00124. The maximum Gasteiger partial charge on any atom is 0.404 e. The Morgan fingerprint density at radius 3 is 1.74 bits per heavy atom. The van der Waals surface area contributed by atoms with Crippen molar-refractivity contribution in [1.29, 1.82) is 0 Å². The first-order chi connectivity index (χ1) is 16.6. The second-order valence-electron chi connectivity index (χ2n) is 10.3. The molecule has 210 valence electrons. The zero-order valence-electron chi connectivity index (χ0n) is 22.8. The minimum atomic E-state index is -4.50. The van der Waals surface area contributed by atoms with Crippen LogP contribution in [-0.2, 0) is 23.1 Å². The van der Waals surface area contributed by atoms with Crippen LogP contribution in [0, 0.1) is 0 Å². The standard InChI is InChI=1S/C25H53N2O7P/c1-5-6-7-8-9-10-11-12-13-14-15-16-17-18-20-31-22-24(34-25(26)28)23-33-35(29,30)32-21-19-27(2,3)4/h24H,5-23H2,1-4H3,(H2-,26,28,29,30). The maximum absolute atomic E-state index is 11.9. The third kappa shape index (κ3) is 26.2. The highest BCUT2D eigenvalue weighted by molar-refractivity contribution is 7.45. The van der Waals surface area contributed by atoms with Gasteiger partial charge in [0.25, 0.3) is 7.82 Å². The van der Waals surface area contributed by atoms with E-state index in [0.29, 0.717) is 17.6 Å². The summed E-state index contributed by atoms with van der Waals surface area (Å²) in [4.78, 5) is 23.0. The number of carbonyl (C=O) groups is 1. The van der Waals surface area contributed by atoms with Crippen LogP contribution in [0.15, 0.2) is 0 Å². The number of ether oxygens (including phenoxy) is 2. The molecule has 0 aliphatic rings. The molecule has 0 saturated carbocycles. The van der Waals surface area contributed by atoms with Crippen molar-refractivity contribution < 1.29 is 37.3 Å². The zero-order valence-corrected chi connectivity index (χ0v) is 23.7. The predicted molar refractivity (Wildman–Crippen MR) is 138 cm³/mol. The van der Waals surface area contributed by atoms with Crippen molar-refractivity contribution in [1.82, 2.24) is 0 Å². The first kappa shape index (κ1) is 34.3. The molecule has 0 aromatic rings. The van der Waals surface area contributed by atoms with Crippen LogP contribution < -0.4 is 10.6 Å². The van der Waals surface area contributed by atoms with Gasteiger partial charge in [0.2, 0.25) is 0 Å². The molecule has 0 radical (unpaired) electrons. The van der Waals surface area contributed by atoms with Gasteiger partial charge in [0.05, 0.1) is 34.4 Å². The third-order valence-corrected chi connectivity index (χ3v) is 6.62. The number of likely N-dealkylation sites (N-methyl/N-ethyl adjacent to an activating group) is 1. The van der Waals surface area contributed by atoms with Crippen LogP contribution in [0.5, 0.6) is 0 Å².